The molecule has 16 heavy (non-hydrogen) atoms. The second-order valence-corrected chi connectivity index (χ2v) is 4.37. The van der Waals surface area contributed by atoms with E-state index in [1.807, 2.05) is 6.92 Å². The van der Waals surface area contributed by atoms with Crippen LogP contribution in [-0.4, -0.2) is 18.2 Å². The van der Waals surface area contributed by atoms with Gasteiger partial charge in [-0.3, -0.25) is 9.59 Å². The Morgan fingerprint density at radius 1 is 1.19 bits per heavy atom. The van der Waals surface area contributed by atoms with Crippen molar-refractivity contribution in [3.63, 3.8) is 0 Å². The van der Waals surface area contributed by atoms with Crippen molar-refractivity contribution in [3.8, 4) is 0 Å². The van der Waals surface area contributed by atoms with Gasteiger partial charge in [-0.2, -0.15) is 0 Å². The van der Waals surface area contributed by atoms with E-state index in [0.29, 0.717) is 38.0 Å². The van der Waals surface area contributed by atoms with Gasteiger partial charge >= 0.3 is 11.9 Å². The number of carbonyl (C=O) groups excluding carboxylic acids is 2. The highest BCUT2D eigenvalue weighted by Crippen LogP contribution is 2.17. The van der Waals surface area contributed by atoms with Gasteiger partial charge in [-0.25, -0.2) is 0 Å². The smallest absolute Gasteiger partial charge is 0.308 e. The van der Waals surface area contributed by atoms with E-state index in [2.05, 4.69) is 6.92 Å². The van der Waals surface area contributed by atoms with Crippen LogP contribution in [0.25, 0.3) is 0 Å². The van der Waals surface area contributed by atoms with Crippen LogP contribution >= 0.6 is 0 Å². The number of esters is 2. The fraction of sp³-hybridized carbons (Fsp3) is 0.833. The van der Waals surface area contributed by atoms with Crippen LogP contribution in [0, 0.1) is 5.92 Å². The second kappa shape index (κ2) is 6.51. The van der Waals surface area contributed by atoms with Gasteiger partial charge < -0.3 is 9.47 Å². The molecule has 0 saturated carbocycles. The topological polar surface area (TPSA) is 52.6 Å². The molecule has 0 N–H and O–H groups in total. The maximum absolute atomic E-state index is 11.4. The molecular formula is C12H20O4. The zero-order valence-corrected chi connectivity index (χ0v) is 10.0. The van der Waals surface area contributed by atoms with E-state index in [1.165, 1.54) is 0 Å². The Bertz CT molecular complexity index is 229. The Balaban J connectivity index is 2.54. The lowest BCUT2D eigenvalue weighted by molar-refractivity contribution is -0.189. The Morgan fingerprint density at radius 3 is 2.12 bits per heavy atom. The standard InChI is InChI=1S/C12H20O4/c1-3-9(2)8-12-15-10(13)6-4-5-7-11(14)16-12/h9,12H,3-8H2,1-2H3. The van der Waals surface area contributed by atoms with E-state index in [-0.39, 0.29) is 11.9 Å². The summed E-state index contributed by atoms with van der Waals surface area (Å²) in [5.41, 5.74) is 0. The van der Waals surface area contributed by atoms with Gasteiger partial charge in [0.05, 0.1) is 0 Å². The average molecular weight is 228 g/mol. The van der Waals surface area contributed by atoms with Crippen LogP contribution in [0.5, 0.6) is 0 Å². The van der Waals surface area contributed by atoms with Crippen molar-refractivity contribution in [1.82, 2.24) is 0 Å². The largest absolute Gasteiger partial charge is 0.425 e. The van der Waals surface area contributed by atoms with Crippen LogP contribution in [0.15, 0.2) is 0 Å². The quantitative estimate of drug-likeness (QED) is 0.696. The summed E-state index contributed by atoms with van der Waals surface area (Å²) in [5, 5.41) is 0. The predicted octanol–water partition coefficient (Wildman–Crippen LogP) is 2.41. The Kier molecular flexibility index (Phi) is 5.29. The highest BCUT2D eigenvalue weighted by Gasteiger charge is 2.22. The van der Waals surface area contributed by atoms with E-state index in [0.717, 1.165) is 6.42 Å². The molecule has 1 rings (SSSR count). The van der Waals surface area contributed by atoms with Gasteiger partial charge in [-0.15, -0.1) is 0 Å². The lowest BCUT2D eigenvalue weighted by Crippen LogP contribution is -2.25. The van der Waals surface area contributed by atoms with E-state index in [9.17, 15) is 9.59 Å². The minimum atomic E-state index is -0.687. The van der Waals surface area contributed by atoms with Crippen molar-refractivity contribution in [2.75, 3.05) is 0 Å². The SMILES string of the molecule is CCC(C)CC1OC(=O)CCCCC(=O)O1. The average Bonchev–Trinajstić information content (AvgIpc) is 2.30. The molecule has 1 aliphatic rings. The van der Waals surface area contributed by atoms with E-state index in [1.54, 1.807) is 0 Å². The molecule has 92 valence electrons. The maximum Gasteiger partial charge on any atom is 0.308 e. The number of carbonyl (C=O) groups is 2. The molecule has 1 unspecified atom stereocenters. The van der Waals surface area contributed by atoms with Crippen molar-refractivity contribution >= 4 is 11.9 Å². The highest BCUT2D eigenvalue weighted by atomic mass is 16.7. The first-order valence-corrected chi connectivity index (χ1v) is 6.00. The van der Waals surface area contributed by atoms with Gasteiger partial charge in [-0.1, -0.05) is 20.3 Å². The van der Waals surface area contributed by atoms with Crippen molar-refractivity contribution < 1.29 is 19.1 Å². The third kappa shape index (κ3) is 4.64. The summed E-state index contributed by atoms with van der Waals surface area (Å²) in [6, 6.07) is 0. The first-order chi connectivity index (χ1) is 7.61. The second-order valence-electron chi connectivity index (χ2n) is 4.37. The van der Waals surface area contributed by atoms with Crippen molar-refractivity contribution in [2.24, 2.45) is 5.92 Å². The molecule has 1 atom stereocenters. The molecule has 1 heterocycles. The molecular weight excluding hydrogens is 208 g/mol. The van der Waals surface area contributed by atoms with Gasteiger partial charge in [0.15, 0.2) is 0 Å². The molecule has 0 aromatic carbocycles. The van der Waals surface area contributed by atoms with Crippen molar-refractivity contribution in [2.45, 2.75) is 58.7 Å². The molecule has 0 aromatic heterocycles. The molecule has 0 aliphatic carbocycles. The zero-order chi connectivity index (χ0) is 12.0. The number of hydrogen-bond donors (Lipinski definition) is 0. The van der Waals surface area contributed by atoms with Crippen LogP contribution in [0.4, 0.5) is 0 Å². The van der Waals surface area contributed by atoms with Crippen LogP contribution in [0.1, 0.15) is 52.4 Å². The minimum Gasteiger partial charge on any atom is -0.425 e. The number of rotatable bonds is 3. The first kappa shape index (κ1) is 13.0. The van der Waals surface area contributed by atoms with Gasteiger partial charge in [-0.05, 0) is 18.8 Å². The summed E-state index contributed by atoms with van der Waals surface area (Å²) < 4.78 is 10.3. The van der Waals surface area contributed by atoms with Crippen LogP contribution in [0.3, 0.4) is 0 Å². The minimum absolute atomic E-state index is 0.261. The molecule has 0 bridgehead atoms. The lowest BCUT2D eigenvalue weighted by Gasteiger charge is -2.19. The third-order valence-electron chi connectivity index (χ3n) is 2.83. The maximum atomic E-state index is 11.4. The van der Waals surface area contributed by atoms with Crippen molar-refractivity contribution in [1.29, 1.82) is 0 Å². The molecule has 0 spiro atoms. The van der Waals surface area contributed by atoms with E-state index < -0.39 is 6.29 Å². The van der Waals surface area contributed by atoms with Gasteiger partial charge in [0, 0.05) is 19.3 Å². The first-order valence-electron chi connectivity index (χ1n) is 6.00. The van der Waals surface area contributed by atoms with Crippen molar-refractivity contribution in [3.05, 3.63) is 0 Å². The zero-order valence-electron chi connectivity index (χ0n) is 10.0. The van der Waals surface area contributed by atoms with E-state index in [4.69, 9.17) is 9.47 Å². The molecule has 0 aromatic rings. The van der Waals surface area contributed by atoms with E-state index >= 15 is 0 Å². The summed E-state index contributed by atoms with van der Waals surface area (Å²) in [4.78, 5) is 22.7. The predicted molar refractivity (Wildman–Crippen MR) is 58.5 cm³/mol. The van der Waals surface area contributed by atoms with Gasteiger partial charge in [0.1, 0.15) is 0 Å². The fourth-order valence-electron chi connectivity index (χ4n) is 1.57. The summed E-state index contributed by atoms with van der Waals surface area (Å²) >= 11 is 0. The summed E-state index contributed by atoms with van der Waals surface area (Å²) in [6.45, 7) is 4.11. The summed E-state index contributed by atoms with van der Waals surface area (Å²) in [7, 11) is 0. The number of cyclic esters (lactones) is 2. The number of hydrogen-bond acceptors (Lipinski definition) is 4. The monoisotopic (exact) mass is 228 g/mol. The molecule has 1 aliphatic heterocycles. The fourth-order valence-corrected chi connectivity index (χ4v) is 1.57. The van der Waals surface area contributed by atoms with Crippen LogP contribution in [-0.2, 0) is 19.1 Å². The Labute approximate surface area is 96.3 Å². The van der Waals surface area contributed by atoms with Crippen LogP contribution in [0.2, 0.25) is 0 Å². The van der Waals surface area contributed by atoms with Gasteiger partial charge in [0.2, 0.25) is 6.29 Å². The molecule has 4 nitrogen and oxygen atoms in total. The van der Waals surface area contributed by atoms with Crippen LogP contribution < -0.4 is 0 Å². The normalized spacial score (nSPS) is 21.4. The number of ether oxygens (including phenoxy) is 2. The lowest BCUT2D eigenvalue weighted by atomic mass is 10.1. The van der Waals surface area contributed by atoms with Gasteiger partial charge in [0.25, 0.3) is 0 Å². The molecule has 1 saturated heterocycles. The Hall–Kier alpha value is -1.06. The third-order valence-corrected chi connectivity index (χ3v) is 2.83. The summed E-state index contributed by atoms with van der Waals surface area (Å²) in [5.74, 6) is -0.141. The molecule has 4 heteroatoms. The molecule has 0 amide bonds. The Morgan fingerprint density at radius 2 is 1.69 bits per heavy atom. The molecule has 1 fully saturated rings. The molecule has 0 radical (unpaired) electrons. The highest BCUT2D eigenvalue weighted by molar-refractivity contribution is 5.72. The summed E-state index contributed by atoms with van der Waals surface area (Å²) in [6.07, 6.45) is 3.04.